The lowest BCUT2D eigenvalue weighted by atomic mass is 10.0. The first-order valence-electron chi connectivity index (χ1n) is 6.85. The van der Waals surface area contributed by atoms with Crippen molar-refractivity contribution in [2.24, 2.45) is 0 Å². The lowest BCUT2D eigenvalue weighted by Crippen LogP contribution is -2.15. The SMILES string of the molecule is O=C1CCCc2nc(-c3cc(Cl)c4c(c3)OCCO4)sc21. The molecular formula is C15H12ClNO3S. The Kier molecular flexibility index (Phi) is 3.12. The summed E-state index contributed by atoms with van der Waals surface area (Å²) in [6.07, 6.45) is 2.38. The van der Waals surface area contributed by atoms with E-state index in [1.54, 1.807) is 0 Å². The molecule has 2 heterocycles. The van der Waals surface area contributed by atoms with Gasteiger partial charge in [0.1, 0.15) is 18.2 Å². The number of ketones is 1. The van der Waals surface area contributed by atoms with Crippen LogP contribution in [0, 0.1) is 0 Å². The summed E-state index contributed by atoms with van der Waals surface area (Å²) in [5.41, 5.74) is 1.79. The number of carbonyl (C=O) groups excluding carboxylic acids is 1. The van der Waals surface area contributed by atoms with Crippen LogP contribution in [-0.2, 0) is 6.42 Å². The summed E-state index contributed by atoms with van der Waals surface area (Å²) in [7, 11) is 0. The van der Waals surface area contributed by atoms with Gasteiger partial charge in [0, 0.05) is 12.0 Å². The van der Waals surface area contributed by atoms with Crippen molar-refractivity contribution in [1.29, 1.82) is 0 Å². The molecule has 0 atom stereocenters. The molecule has 0 saturated heterocycles. The Morgan fingerprint density at radius 3 is 2.90 bits per heavy atom. The van der Waals surface area contributed by atoms with E-state index in [0.29, 0.717) is 36.2 Å². The molecule has 21 heavy (non-hydrogen) atoms. The van der Waals surface area contributed by atoms with Crippen molar-refractivity contribution in [3.05, 3.63) is 27.7 Å². The average molecular weight is 322 g/mol. The topological polar surface area (TPSA) is 48.4 Å². The molecule has 4 nitrogen and oxygen atoms in total. The lowest BCUT2D eigenvalue weighted by Gasteiger charge is -2.19. The smallest absolute Gasteiger partial charge is 0.179 e. The molecule has 0 N–H and O–H groups in total. The summed E-state index contributed by atoms with van der Waals surface area (Å²) in [5.74, 6) is 1.43. The van der Waals surface area contributed by atoms with Crippen molar-refractivity contribution in [3.63, 3.8) is 0 Å². The van der Waals surface area contributed by atoms with Crippen LogP contribution in [0.3, 0.4) is 0 Å². The van der Waals surface area contributed by atoms with Gasteiger partial charge >= 0.3 is 0 Å². The molecule has 0 amide bonds. The van der Waals surface area contributed by atoms with Gasteiger partial charge in [0.25, 0.3) is 0 Å². The lowest BCUT2D eigenvalue weighted by molar-refractivity contribution is 0.0976. The number of fused-ring (bicyclic) bond motifs is 2. The first kappa shape index (κ1) is 13.1. The van der Waals surface area contributed by atoms with Crippen molar-refractivity contribution < 1.29 is 14.3 Å². The van der Waals surface area contributed by atoms with Gasteiger partial charge in [-0.05, 0) is 25.0 Å². The highest BCUT2D eigenvalue weighted by Gasteiger charge is 2.24. The van der Waals surface area contributed by atoms with Gasteiger partial charge in [0.2, 0.25) is 0 Å². The second-order valence-corrected chi connectivity index (χ2v) is 6.46. The van der Waals surface area contributed by atoms with Crippen LogP contribution in [-0.4, -0.2) is 24.0 Å². The van der Waals surface area contributed by atoms with E-state index in [2.05, 4.69) is 4.98 Å². The number of aromatic nitrogens is 1. The van der Waals surface area contributed by atoms with Crippen LogP contribution < -0.4 is 9.47 Å². The molecule has 0 fully saturated rings. The minimum absolute atomic E-state index is 0.198. The van der Waals surface area contributed by atoms with Crippen molar-refractivity contribution in [2.45, 2.75) is 19.3 Å². The Balaban J connectivity index is 1.80. The quantitative estimate of drug-likeness (QED) is 0.802. The van der Waals surface area contributed by atoms with Crippen LogP contribution in [0.15, 0.2) is 12.1 Å². The number of thiazole rings is 1. The summed E-state index contributed by atoms with van der Waals surface area (Å²) < 4.78 is 11.1. The number of carbonyl (C=O) groups is 1. The van der Waals surface area contributed by atoms with Gasteiger partial charge in [-0.2, -0.15) is 0 Å². The molecule has 1 aromatic carbocycles. The summed E-state index contributed by atoms with van der Waals surface area (Å²) in [5, 5.41) is 1.33. The van der Waals surface area contributed by atoms with Crippen LogP contribution in [0.5, 0.6) is 11.5 Å². The number of hydrogen-bond acceptors (Lipinski definition) is 5. The van der Waals surface area contributed by atoms with E-state index in [9.17, 15) is 4.79 Å². The highest BCUT2D eigenvalue weighted by Crippen LogP contribution is 2.42. The fourth-order valence-electron chi connectivity index (χ4n) is 2.63. The van der Waals surface area contributed by atoms with Gasteiger partial charge in [0.15, 0.2) is 17.3 Å². The number of aryl methyl sites for hydroxylation is 1. The fraction of sp³-hybridized carbons (Fsp3) is 0.333. The van der Waals surface area contributed by atoms with Crippen LogP contribution >= 0.6 is 22.9 Å². The molecule has 0 saturated carbocycles. The number of rotatable bonds is 1. The number of halogens is 1. The third-order valence-electron chi connectivity index (χ3n) is 3.61. The molecule has 0 radical (unpaired) electrons. The molecule has 1 aromatic heterocycles. The standard InChI is InChI=1S/C15H12ClNO3S/c16-9-6-8(7-12-13(9)20-5-4-19-12)15-17-10-2-1-3-11(18)14(10)21-15/h6-7H,1-5H2. The Labute approximate surface area is 130 Å². The molecule has 0 spiro atoms. The number of ether oxygens (including phenoxy) is 2. The number of Topliss-reactive ketones (excluding diaryl/α,β-unsaturated/α-hetero) is 1. The van der Waals surface area contributed by atoms with Crippen molar-refractivity contribution >= 4 is 28.7 Å². The molecule has 2 aromatic rings. The first-order valence-corrected chi connectivity index (χ1v) is 8.04. The van der Waals surface area contributed by atoms with Crippen LogP contribution in [0.2, 0.25) is 5.02 Å². The highest BCUT2D eigenvalue weighted by atomic mass is 35.5. The van der Waals surface area contributed by atoms with Crippen molar-refractivity contribution in [1.82, 2.24) is 4.98 Å². The highest BCUT2D eigenvalue weighted by molar-refractivity contribution is 7.17. The Morgan fingerprint density at radius 2 is 2.05 bits per heavy atom. The van der Waals surface area contributed by atoms with Gasteiger partial charge in [-0.3, -0.25) is 4.79 Å². The van der Waals surface area contributed by atoms with E-state index in [-0.39, 0.29) is 5.78 Å². The van der Waals surface area contributed by atoms with Crippen LogP contribution in [0.1, 0.15) is 28.2 Å². The first-order chi connectivity index (χ1) is 10.2. The largest absolute Gasteiger partial charge is 0.486 e. The van der Waals surface area contributed by atoms with E-state index >= 15 is 0 Å². The Morgan fingerprint density at radius 1 is 1.19 bits per heavy atom. The molecule has 0 unspecified atom stereocenters. The monoisotopic (exact) mass is 321 g/mol. The van der Waals surface area contributed by atoms with Gasteiger partial charge in [-0.1, -0.05) is 11.6 Å². The maximum Gasteiger partial charge on any atom is 0.179 e. The minimum Gasteiger partial charge on any atom is -0.486 e. The van der Waals surface area contributed by atoms with E-state index in [4.69, 9.17) is 21.1 Å². The summed E-state index contributed by atoms with van der Waals surface area (Å²) in [6, 6.07) is 3.71. The molecule has 0 bridgehead atoms. The zero-order valence-electron chi connectivity index (χ0n) is 11.1. The van der Waals surface area contributed by atoms with Gasteiger partial charge < -0.3 is 9.47 Å². The Hall–Kier alpha value is -1.59. The maximum atomic E-state index is 11.9. The van der Waals surface area contributed by atoms with Gasteiger partial charge in [-0.15, -0.1) is 11.3 Å². The van der Waals surface area contributed by atoms with Crippen molar-refractivity contribution in [2.75, 3.05) is 13.2 Å². The van der Waals surface area contributed by atoms with Gasteiger partial charge in [0.05, 0.1) is 15.6 Å². The molecule has 108 valence electrons. The number of nitrogens with zero attached hydrogens (tertiary/aromatic N) is 1. The second kappa shape index (κ2) is 5.00. The maximum absolute atomic E-state index is 11.9. The molecule has 2 aliphatic rings. The number of benzene rings is 1. The fourth-order valence-corrected chi connectivity index (χ4v) is 3.96. The predicted octanol–water partition coefficient (Wildman–Crippen LogP) is 3.75. The third kappa shape index (κ3) is 2.21. The van der Waals surface area contributed by atoms with E-state index in [1.807, 2.05) is 12.1 Å². The minimum atomic E-state index is 0.198. The zero-order chi connectivity index (χ0) is 14.4. The van der Waals surface area contributed by atoms with Crippen molar-refractivity contribution in [3.8, 4) is 22.1 Å². The second-order valence-electron chi connectivity index (χ2n) is 5.05. The summed E-state index contributed by atoms with van der Waals surface area (Å²) >= 11 is 7.70. The predicted molar refractivity (Wildman–Crippen MR) is 80.8 cm³/mol. The van der Waals surface area contributed by atoms with E-state index < -0.39 is 0 Å². The van der Waals surface area contributed by atoms with Crippen LogP contribution in [0.4, 0.5) is 0 Å². The van der Waals surface area contributed by atoms with E-state index in [0.717, 1.165) is 34.0 Å². The summed E-state index contributed by atoms with van der Waals surface area (Å²) in [4.78, 5) is 17.3. The molecule has 1 aliphatic heterocycles. The molecule has 1 aliphatic carbocycles. The number of hydrogen-bond donors (Lipinski definition) is 0. The zero-order valence-corrected chi connectivity index (χ0v) is 12.7. The molecule has 6 heteroatoms. The third-order valence-corrected chi connectivity index (χ3v) is 5.08. The van der Waals surface area contributed by atoms with E-state index in [1.165, 1.54) is 11.3 Å². The van der Waals surface area contributed by atoms with Gasteiger partial charge in [-0.25, -0.2) is 4.98 Å². The Bertz CT molecular complexity index is 741. The summed E-state index contributed by atoms with van der Waals surface area (Å²) in [6.45, 7) is 1.02. The molecule has 4 rings (SSSR count). The molecular weight excluding hydrogens is 310 g/mol. The normalized spacial score (nSPS) is 16.7. The average Bonchev–Trinajstić information content (AvgIpc) is 2.93. The van der Waals surface area contributed by atoms with Crippen LogP contribution in [0.25, 0.3) is 10.6 Å².